The molecule has 1 saturated heterocycles. The van der Waals surface area contributed by atoms with E-state index in [0.717, 1.165) is 0 Å². The summed E-state index contributed by atoms with van der Waals surface area (Å²) in [5.41, 5.74) is 7.00. The monoisotopic (exact) mass is 311 g/mol. The van der Waals surface area contributed by atoms with Gasteiger partial charge in [-0.15, -0.1) is 0 Å². The number of nitrogen functional groups attached to an aromatic ring is 1. The summed E-state index contributed by atoms with van der Waals surface area (Å²) in [6.45, 7) is 1.86. The molecule has 7 heteroatoms. The molecule has 0 radical (unpaired) electrons. The first kappa shape index (κ1) is 15.6. The van der Waals surface area contributed by atoms with E-state index in [-0.39, 0.29) is 17.4 Å². The number of hydrogen-bond donors (Lipinski definition) is 2. The van der Waals surface area contributed by atoms with Crippen LogP contribution in [0.5, 0.6) is 0 Å². The van der Waals surface area contributed by atoms with Gasteiger partial charge in [0.2, 0.25) is 0 Å². The van der Waals surface area contributed by atoms with Gasteiger partial charge in [-0.2, -0.15) is 0 Å². The van der Waals surface area contributed by atoms with Gasteiger partial charge in [0.15, 0.2) is 9.84 Å². The van der Waals surface area contributed by atoms with E-state index in [1.165, 1.54) is 4.90 Å². The number of benzene rings is 1. The zero-order chi connectivity index (χ0) is 15.8. The van der Waals surface area contributed by atoms with Crippen molar-refractivity contribution in [2.45, 2.75) is 18.9 Å². The molecule has 1 atom stereocenters. The van der Waals surface area contributed by atoms with Crippen molar-refractivity contribution in [3.63, 3.8) is 0 Å². The van der Waals surface area contributed by atoms with Crippen LogP contribution in [0.2, 0.25) is 0 Å². The Morgan fingerprint density at radius 1 is 1.38 bits per heavy atom. The van der Waals surface area contributed by atoms with Crippen LogP contribution in [-0.4, -0.2) is 50.4 Å². The lowest BCUT2D eigenvalue weighted by Gasteiger charge is -2.26. The Balaban J connectivity index is 2.28. The second kappa shape index (κ2) is 5.22. The molecule has 1 amide bonds. The number of sulfone groups is 1. The summed E-state index contributed by atoms with van der Waals surface area (Å²) in [4.78, 5) is 13.5. The fourth-order valence-corrected chi connectivity index (χ4v) is 4.58. The maximum atomic E-state index is 12.0. The highest BCUT2D eigenvalue weighted by atomic mass is 32.2. The van der Waals surface area contributed by atoms with Crippen molar-refractivity contribution in [1.29, 1.82) is 0 Å². The largest absolute Gasteiger partial charge is 0.397 e. The first-order chi connectivity index (χ1) is 9.62. The van der Waals surface area contributed by atoms with Crippen LogP contribution in [0.3, 0.4) is 0 Å². The molecule has 6 nitrogen and oxygen atoms in total. The zero-order valence-corrected chi connectivity index (χ0v) is 13.3. The van der Waals surface area contributed by atoms with Gasteiger partial charge in [0.1, 0.15) is 0 Å². The van der Waals surface area contributed by atoms with Crippen LogP contribution >= 0.6 is 0 Å². The van der Waals surface area contributed by atoms with Gasteiger partial charge in [0, 0.05) is 25.2 Å². The number of rotatable bonds is 3. The van der Waals surface area contributed by atoms with Crippen molar-refractivity contribution in [1.82, 2.24) is 4.90 Å². The van der Waals surface area contributed by atoms with Crippen LogP contribution in [-0.2, 0) is 9.84 Å². The van der Waals surface area contributed by atoms with Gasteiger partial charge in [-0.05, 0) is 31.5 Å². The molecule has 0 aliphatic carbocycles. The zero-order valence-electron chi connectivity index (χ0n) is 12.5. The van der Waals surface area contributed by atoms with Gasteiger partial charge < -0.3 is 16.0 Å². The van der Waals surface area contributed by atoms with Gasteiger partial charge in [0.25, 0.3) is 5.91 Å². The molecule has 116 valence electrons. The number of nitrogens with zero attached hydrogens (tertiary/aromatic N) is 1. The SMILES string of the molecule is CN(C)C(=O)c1ccc(N)c(NC2(C)CCS(=O)(=O)C2)c1. The fraction of sp³-hybridized carbons (Fsp3) is 0.500. The van der Waals surface area contributed by atoms with Crippen molar-refractivity contribution < 1.29 is 13.2 Å². The molecule has 1 aliphatic heterocycles. The third kappa shape index (κ3) is 3.47. The molecule has 0 bridgehead atoms. The second-order valence-electron chi connectivity index (χ2n) is 6.03. The minimum Gasteiger partial charge on any atom is -0.397 e. The van der Waals surface area contributed by atoms with E-state index >= 15 is 0 Å². The normalized spacial score (nSPS) is 23.8. The highest BCUT2D eigenvalue weighted by Crippen LogP contribution is 2.30. The maximum absolute atomic E-state index is 12.0. The topological polar surface area (TPSA) is 92.5 Å². The Morgan fingerprint density at radius 3 is 2.57 bits per heavy atom. The molecule has 1 aromatic rings. The van der Waals surface area contributed by atoms with Crippen LogP contribution in [0.4, 0.5) is 11.4 Å². The maximum Gasteiger partial charge on any atom is 0.253 e. The summed E-state index contributed by atoms with van der Waals surface area (Å²) in [5.74, 6) is 0.125. The lowest BCUT2D eigenvalue weighted by atomic mass is 10.0. The van der Waals surface area contributed by atoms with E-state index in [1.807, 2.05) is 6.92 Å². The Labute approximate surface area is 125 Å². The summed E-state index contributed by atoms with van der Waals surface area (Å²) in [7, 11) is 0.349. The Morgan fingerprint density at radius 2 is 2.05 bits per heavy atom. The van der Waals surface area contributed by atoms with Gasteiger partial charge >= 0.3 is 0 Å². The quantitative estimate of drug-likeness (QED) is 0.811. The molecule has 2 rings (SSSR count). The van der Waals surface area contributed by atoms with Crippen molar-refractivity contribution in [3.05, 3.63) is 23.8 Å². The molecule has 1 aromatic carbocycles. The summed E-state index contributed by atoms with van der Waals surface area (Å²) < 4.78 is 23.3. The Bertz CT molecular complexity index is 670. The van der Waals surface area contributed by atoms with Gasteiger partial charge in [0.05, 0.1) is 22.9 Å². The van der Waals surface area contributed by atoms with Gasteiger partial charge in [-0.25, -0.2) is 8.42 Å². The van der Waals surface area contributed by atoms with E-state index in [4.69, 9.17) is 5.73 Å². The minimum absolute atomic E-state index is 0.0747. The Hall–Kier alpha value is -1.76. The molecule has 1 unspecified atom stereocenters. The number of carbonyl (C=O) groups is 1. The van der Waals surface area contributed by atoms with Crippen molar-refractivity contribution in [3.8, 4) is 0 Å². The summed E-state index contributed by atoms with van der Waals surface area (Å²) >= 11 is 0. The van der Waals surface area contributed by atoms with Crippen molar-refractivity contribution >= 4 is 27.1 Å². The molecule has 3 N–H and O–H groups in total. The molecule has 0 saturated carbocycles. The first-order valence-electron chi connectivity index (χ1n) is 6.72. The van der Waals surface area contributed by atoms with Gasteiger partial charge in [-0.1, -0.05) is 0 Å². The molecular weight excluding hydrogens is 290 g/mol. The number of nitrogens with two attached hydrogens (primary N) is 1. The van der Waals surface area contributed by atoms with Crippen molar-refractivity contribution in [2.75, 3.05) is 36.7 Å². The highest BCUT2D eigenvalue weighted by Gasteiger charge is 2.38. The molecule has 1 heterocycles. The predicted molar refractivity (Wildman–Crippen MR) is 84.2 cm³/mol. The van der Waals surface area contributed by atoms with Crippen LogP contribution in [0, 0.1) is 0 Å². The van der Waals surface area contributed by atoms with E-state index < -0.39 is 15.4 Å². The highest BCUT2D eigenvalue weighted by molar-refractivity contribution is 7.91. The number of amides is 1. The van der Waals surface area contributed by atoms with E-state index in [2.05, 4.69) is 5.32 Å². The molecule has 21 heavy (non-hydrogen) atoms. The van der Waals surface area contributed by atoms with E-state index in [1.54, 1.807) is 32.3 Å². The van der Waals surface area contributed by atoms with E-state index in [0.29, 0.717) is 23.4 Å². The standard InChI is InChI=1S/C14H21N3O3S/c1-14(6-7-21(19,20)9-14)16-12-8-10(4-5-11(12)15)13(18)17(2)3/h4-5,8,16H,6-7,9,15H2,1-3H3. The van der Waals surface area contributed by atoms with Crippen LogP contribution < -0.4 is 11.1 Å². The van der Waals surface area contributed by atoms with Crippen molar-refractivity contribution in [2.24, 2.45) is 0 Å². The summed E-state index contributed by atoms with van der Waals surface area (Å²) in [6.07, 6.45) is 0.528. The second-order valence-corrected chi connectivity index (χ2v) is 8.21. The summed E-state index contributed by atoms with van der Waals surface area (Å²) in [5, 5.41) is 3.20. The average molecular weight is 311 g/mol. The van der Waals surface area contributed by atoms with E-state index in [9.17, 15) is 13.2 Å². The third-order valence-corrected chi connectivity index (χ3v) is 5.55. The lowest BCUT2D eigenvalue weighted by molar-refractivity contribution is 0.0827. The number of carbonyl (C=O) groups excluding carboxylic acids is 1. The van der Waals surface area contributed by atoms with Crippen LogP contribution in [0.1, 0.15) is 23.7 Å². The average Bonchev–Trinajstić information content (AvgIpc) is 2.65. The first-order valence-corrected chi connectivity index (χ1v) is 8.54. The predicted octanol–water partition coefficient (Wildman–Crippen LogP) is 0.960. The number of hydrogen-bond acceptors (Lipinski definition) is 5. The summed E-state index contributed by atoms with van der Waals surface area (Å²) in [6, 6.07) is 5.00. The van der Waals surface area contributed by atoms with Gasteiger partial charge in [-0.3, -0.25) is 4.79 Å². The molecular formula is C14H21N3O3S. The molecule has 0 aromatic heterocycles. The lowest BCUT2D eigenvalue weighted by Crippen LogP contribution is -2.36. The Kier molecular flexibility index (Phi) is 3.88. The third-order valence-electron chi connectivity index (χ3n) is 3.65. The van der Waals surface area contributed by atoms with Crippen LogP contribution in [0.25, 0.3) is 0 Å². The number of anilines is 2. The minimum atomic E-state index is -3.01. The smallest absolute Gasteiger partial charge is 0.253 e. The fourth-order valence-electron chi connectivity index (χ4n) is 2.49. The number of nitrogens with one attached hydrogen (secondary N) is 1. The molecule has 0 spiro atoms. The molecule has 1 fully saturated rings. The van der Waals surface area contributed by atoms with Crippen LogP contribution in [0.15, 0.2) is 18.2 Å². The molecule has 1 aliphatic rings.